The minimum Gasteiger partial charge on any atom is -0.494 e. The van der Waals surface area contributed by atoms with Crippen LogP contribution in [0.3, 0.4) is 0 Å². The number of ether oxygens (including phenoxy) is 2. The van der Waals surface area contributed by atoms with Crippen LogP contribution in [0.4, 0.5) is 0 Å². The lowest BCUT2D eigenvalue weighted by atomic mass is 10.1. The second-order valence-electron chi connectivity index (χ2n) is 8.74. The van der Waals surface area contributed by atoms with Crippen LogP contribution in [0.2, 0.25) is 0 Å². The van der Waals surface area contributed by atoms with E-state index in [1.807, 2.05) is 0 Å². The van der Waals surface area contributed by atoms with Crippen LogP contribution in [0.15, 0.2) is 78.9 Å². The Bertz CT molecular complexity index is 1140. The van der Waals surface area contributed by atoms with E-state index in [-0.39, 0.29) is 12.5 Å². The molecular formula is C30H33NO6. The average Bonchev–Trinajstić information content (AvgIpc) is 2.91. The number of carboxylic acid groups (broad SMARTS) is 1. The standard InChI is InChI=1S/C30H33NO6/c1-2-3-4-5-9-20-36-26-18-14-25(15-19-26)30(35)37-27-16-12-23(13-17-27)21-31(22-28(32)33)29(34)24-10-7-6-8-11-24/h6-8,10-19H,2-5,9,20-22H2,1H3,(H,32,33). The zero-order chi connectivity index (χ0) is 26.5. The van der Waals surface area contributed by atoms with Crippen LogP contribution in [0.1, 0.15) is 65.3 Å². The summed E-state index contributed by atoms with van der Waals surface area (Å²) < 4.78 is 11.2. The summed E-state index contributed by atoms with van der Waals surface area (Å²) in [7, 11) is 0. The minimum atomic E-state index is -1.10. The predicted molar refractivity (Wildman–Crippen MR) is 141 cm³/mol. The maximum Gasteiger partial charge on any atom is 0.343 e. The number of esters is 1. The lowest BCUT2D eigenvalue weighted by molar-refractivity contribution is -0.137. The van der Waals surface area contributed by atoms with Gasteiger partial charge in [-0.25, -0.2) is 4.79 Å². The Labute approximate surface area is 217 Å². The van der Waals surface area contributed by atoms with E-state index in [1.54, 1.807) is 78.9 Å². The molecule has 0 radical (unpaired) electrons. The van der Waals surface area contributed by atoms with Crippen LogP contribution in [-0.2, 0) is 11.3 Å². The van der Waals surface area contributed by atoms with E-state index in [9.17, 15) is 19.5 Å². The molecule has 3 rings (SSSR count). The van der Waals surface area contributed by atoms with Gasteiger partial charge in [-0.05, 0) is 60.5 Å². The molecule has 0 bridgehead atoms. The molecule has 0 aromatic heterocycles. The molecule has 1 N–H and O–H groups in total. The molecule has 1 amide bonds. The van der Waals surface area contributed by atoms with E-state index in [1.165, 1.54) is 24.2 Å². The molecule has 37 heavy (non-hydrogen) atoms. The third-order valence-electron chi connectivity index (χ3n) is 5.75. The first-order chi connectivity index (χ1) is 18.0. The summed E-state index contributed by atoms with van der Waals surface area (Å²) in [6, 6.07) is 22.0. The van der Waals surface area contributed by atoms with Crippen LogP contribution in [-0.4, -0.2) is 41.0 Å². The summed E-state index contributed by atoms with van der Waals surface area (Å²) in [5, 5.41) is 9.25. The Morgan fingerprint density at radius 2 is 1.41 bits per heavy atom. The SMILES string of the molecule is CCCCCCCOc1ccc(C(=O)Oc2ccc(CN(CC(=O)O)C(=O)c3ccccc3)cc2)cc1. The molecule has 0 heterocycles. The third kappa shape index (κ3) is 9.11. The van der Waals surface area contributed by atoms with Crippen LogP contribution in [0, 0.1) is 0 Å². The molecule has 0 aliphatic rings. The normalized spacial score (nSPS) is 10.5. The monoisotopic (exact) mass is 503 g/mol. The smallest absolute Gasteiger partial charge is 0.343 e. The number of amides is 1. The fourth-order valence-corrected chi connectivity index (χ4v) is 3.76. The van der Waals surface area contributed by atoms with Crippen LogP contribution < -0.4 is 9.47 Å². The number of unbranched alkanes of at least 4 members (excludes halogenated alkanes) is 4. The zero-order valence-electron chi connectivity index (χ0n) is 21.1. The van der Waals surface area contributed by atoms with Gasteiger partial charge < -0.3 is 19.5 Å². The molecule has 0 unspecified atom stereocenters. The molecule has 194 valence electrons. The fourth-order valence-electron chi connectivity index (χ4n) is 3.76. The maximum atomic E-state index is 12.8. The Morgan fingerprint density at radius 3 is 2.05 bits per heavy atom. The number of carboxylic acids is 1. The van der Waals surface area contributed by atoms with Gasteiger partial charge in [0.2, 0.25) is 0 Å². The van der Waals surface area contributed by atoms with Gasteiger partial charge in [-0.3, -0.25) is 9.59 Å². The molecule has 0 spiro atoms. The molecule has 0 aliphatic carbocycles. The first-order valence-electron chi connectivity index (χ1n) is 12.6. The van der Waals surface area contributed by atoms with Gasteiger partial charge in [-0.15, -0.1) is 0 Å². The first-order valence-corrected chi connectivity index (χ1v) is 12.6. The van der Waals surface area contributed by atoms with Gasteiger partial charge in [-0.1, -0.05) is 62.9 Å². The molecule has 7 nitrogen and oxygen atoms in total. The highest BCUT2D eigenvalue weighted by Gasteiger charge is 2.19. The molecule has 0 atom stereocenters. The summed E-state index contributed by atoms with van der Waals surface area (Å²) in [5.74, 6) is -0.904. The highest BCUT2D eigenvalue weighted by molar-refractivity contribution is 5.95. The van der Waals surface area contributed by atoms with E-state index in [4.69, 9.17) is 9.47 Å². The predicted octanol–water partition coefficient (Wildman–Crippen LogP) is 5.98. The molecule has 0 saturated heterocycles. The largest absolute Gasteiger partial charge is 0.494 e. The highest BCUT2D eigenvalue weighted by atomic mass is 16.5. The molecular weight excluding hydrogens is 470 g/mol. The van der Waals surface area contributed by atoms with Gasteiger partial charge >= 0.3 is 11.9 Å². The van der Waals surface area contributed by atoms with Crippen molar-refractivity contribution in [1.29, 1.82) is 0 Å². The molecule has 0 aliphatic heterocycles. The van der Waals surface area contributed by atoms with Crippen LogP contribution >= 0.6 is 0 Å². The highest BCUT2D eigenvalue weighted by Crippen LogP contribution is 2.19. The quantitative estimate of drug-likeness (QED) is 0.165. The topological polar surface area (TPSA) is 93.1 Å². The van der Waals surface area contributed by atoms with Gasteiger partial charge in [0.15, 0.2) is 0 Å². The minimum absolute atomic E-state index is 0.105. The van der Waals surface area contributed by atoms with Crippen molar-refractivity contribution < 1.29 is 29.0 Å². The van der Waals surface area contributed by atoms with Gasteiger partial charge in [-0.2, -0.15) is 0 Å². The molecule has 0 saturated carbocycles. The number of benzene rings is 3. The summed E-state index contributed by atoms with van der Waals surface area (Å²) in [6.45, 7) is 2.52. The van der Waals surface area contributed by atoms with Crippen molar-refractivity contribution in [1.82, 2.24) is 4.90 Å². The summed E-state index contributed by atoms with van der Waals surface area (Å²) in [6.07, 6.45) is 5.84. The number of rotatable bonds is 14. The van der Waals surface area contributed by atoms with Crippen LogP contribution in [0.25, 0.3) is 0 Å². The Hall–Kier alpha value is -4.13. The van der Waals surface area contributed by atoms with Crippen molar-refractivity contribution in [2.75, 3.05) is 13.2 Å². The van der Waals surface area contributed by atoms with Crippen molar-refractivity contribution >= 4 is 17.8 Å². The lowest BCUT2D eigenvalue weighted by Crippen LogP contribution is -2.35. The van der Waals surface area contributed by atoms with Crippen molar-refractivity contribution in [3.8, 4) is 11.5 Å². The molecule has 7 heteroatoms. The number of carbonyl (C=O) groups is 3. The molecule has 3 aromatic rings. The summed E-state index contributed by atoms with van der Waals surface area (Å²) >= 11 is 0. The van der Waals surface area contributed by atoms with E-state index in [0.29, 0.717) is 34.8 Å². The molecule has 3 aromatic carbocycles. The first kappa shape index (κ1) is 27.5. The van der Waals surface area contributed by atoms with Crippen molar-refractivity contribution in [2.24, 2.45) is 0 Å². The van der Waals surface area contributed by atoms with E-state index in [0.717, 1.165) is 12.8 Å². The van der Waals surface area contributed by atoms with Gasteiger partial charge in [0, 0.05) is 12.1 Å². The number of hydrogen-bond donors (Lipinski definition) is 1. The van der Waals surface area contributed by atoms with Gasteiger partial charge in [0.1, 0.15) is 18.0 Å². The Morgan fingerprint density at radius 1 is 0.757 bits per heavy atom. The van der Waals surface area contributed by atoms with Crippen molar-refractivity contribution in [3.63, 3.8) is 0 Å². The van der Waals surface area contributed by atoms with Crippen LogP contribution in [0.5, 0.6) is 11.5 Å². The second kappa shape index (κ2) is 14.4. The van der Waals surface area contributed by atoms with Gasteiger partial charge in [0.05, 0.1) is 12.2 Å². The third-order valence-corrected chi connectivity index (χ3v) is 5.75. The lowest BCUT2D eigenvalue weighted by Gasteiger charge is -2.21. The number of hydrogen-bond acceptors (Lipinski definition) is 5. The summed E-state index contributed by atoms with van der Waals surface area (Å²) in [4.78, 5) is 37.9. The van der Waals surface area contributed by atoms with E-state index in [2.05, 4.69) is 6.92 Å². The maximum absolute atomic E-state index is 12.8. The number of carbonyl (C=O) groups excluding carboxylic acids is 2. The average molecular weight is 504 g/mol. The summed E-state index contributed by atoms with van der Waals surface area (Å²) in [5.41, 5.74) is 1.53. The zero-order valence-corrected chi connectivity index (χ0v) is 21.1. The molecule has 0 fully saturated rings. The Balaban J connectivity index is 1.53. The van der Waals surface area contributed by atoms with Crippen molar-refractivity contribution in [3.05, 3.63) is 95.6 Å². The van der Waals surface area contributed by atoms with E-state index >= 15 is 0 Å². The van der Waals surface area contributed by atoms with Gasteiger partial charge in [0.25, 0.3) is 5.91 Å². The second-order valence-corrected chi connectivity index (χ2v) is 8.74. The number of aliphatic carboxylic acids is 1. The van der Waals surface area contributed by atoms with E-state index < -0.39 is 18.5 Å². The Kier molecular flexibility index (Phi) is 10.7. The fraction of sp³-hybridized carbons (Fsp3) is 0.300. The van der Waals surface area contributed by atoms with Crippen molar-refractivity contribution in [2.45, 2.75) is 45.6 Å². The number of nitrogens with zero attached hydrogens (tertiary/aromatic N) is 1.